The van der Waals surface area contributed by atoms with E-state index in [1.54, 1.807) is 0 Å². The summed E-state index contributed by atoms with van der Waals surface area (Å²) < 4.78 is 0. The van der Waals surface area contributed by atoms with Gasteiger partial charge in [0.2, 0.25) is 0 Å². The Morgan fingerprint density at radius 1 is 0.280 bits per heavy atom. The van der Waals surface area contributed by atoms with Crippen molar-refractivity contribution in [3.8, 4) is 67.8 Å². The minimum Gasteiger partial charge on any atom is -0.245 e. The van der Waals surface area contributed by atoms with Crippen LogP contribution >= 0.6 is 0 Å². The molecule has 0 atom stereocenters. The average Bonchev–Trinajstić information content (AvgIpc) is 3.21. The van der Waals surface area contributed by atoms with Crippen molar-refractivity contribution < 1.29 is 0 Å². The van der Waals surface area contributed by atoms with E-state index < -0.39 is 0 Å². The van der Waals surface area contributed by atoms with Crippen molar-refractivity contribution in [1.82, 2.24) is 24.9 Å². The second kappa shape index (κ2) is 12.6. The standard InChI is InChI=1S/C45H29N5/c1-5-14-30(15-6-1)38-29-40(31-16-7-2-8-17-31)47-42-37(38)26-24-32-25-27-39(46-41(32)42)35-22-13-23-36(28-35)45-49-43(33-18-9-3-10-19-33)48-44(50-45)34-20-11-4-12-21-34/h1-29H. The van der Waals surface area contributed by atoms with E-state index in [4.69, 9.17) is 24.9 Å². The highest BCUT2D eigenvalue weighted by Crippen LogP contribution is 2.36. The molecule has 9 aromatic rings. The molecular weight excluding hydrogens is 611 g/mol. The average molecular weight is 640 g/mol. The van der Waals surface area contributed by atoms with Crippen molar-refractivity contribution in [2.24, 2.45) is 0 Å². The molecule has 234 valence electrons. The summed E-state index contributed by atoms with van der Waals surface area (Å²) in [7, 11) is 0. The number of pyridine rings is 2. The van der Waals surface area contributed by atoms with Crippen LogP contribution in [0.25, 0.3) is 89.6 Å². The Hall–Kier alpha value is -6.85. The van der Waals surface area contributed by atoms with Gasteiger partial charge in [-0.15, -0.1) is 0 Å². The monoisotopic (exact) mass is 639 g/mol. The lowest BCUT2D eigenvalue weighted by Crippen LogP contribution is -2.00. The number of hydrogen-bond donors (Lipinski definition) is 0. The Bertz CT molecular complexity index is 2570. The minimum absolute atomic E-state index is 0.604. The predicted molar refractivity (Wildman–Crippen MR) is 203 cm³/mol. The molecule has 0 radical (unpaired) electrons. The first-order valence-electron chi connectivity index (χ1n) is 16.6. The summed E-state index contributed by atoms with van der Waals surface area (Å²) in [5.41, 5.74) is 10.5. The third-order valence-corrected chi connectivity index (χ3v) is 8.91. The van der Waals surface area contributed by atoms with Crippen LogP contribution in [0.4, 0.5) is 0 Å². The van der Waals surface area contributed by atoms with Gasteiger partial charge in [0.15, 0.2) is 17.5 Å². The summed E-state index contributed by atoms with van der Waals surface area (Å²) in [4.78, 5) is 25.3. The molecular formula is C45H29N5. The second-order valence-corrected chi connectivity index (χ2v) is 12.1. The van der Waals surface area contributed by atoms with Crippen LogP contribution < -0.4 is 0 Å². The summed E-state index contributed by atoms with van der Waals surface area (Å²) in [6.45, 7) is 0. The maximum Gasteiger partial charge on any atom is 0.164 e. The van der Waals surface area contributed by atoms with E-state index in [2.05, 4.69) is 78.9 Å². The van der Waals surface area contributed by atoms with Gasteiger partial charge in [-0.2, -0.15) is 0 Å². The van der Waals surface area contributed by atoms with E-state index in [9.17, 15) is 0 Å². The molecule has 0 spiro atoms. The molecule has 6 aromatic carbocycles. The van der Waals surface area contributed by atoms with Crippen LogP contribution in [0.5, 0.6) is 0 Å². The second-order valence-electron chi connectivity index (χ2n) is 12.1. The van der Waals surface area contributed by atoms with Gasteiger partial charge >= 0.3 is 0 Å². The number of nitrogens with zero attached hydrogens (tertiary/aromatic N) is 5. The molecule has 3 heterocycles. The fourth-order valence-corrected chi connectivity index (χ4v) is 6.40. The number of rotatable bonds is 6. The highest BCUT2D eigenvalue weighted by molar-refractivity contribution is 6.09. The van der Waals surface area contributed by atoms with Crippen LogP contribution in [0.3, 0.4) is 0 Å². The van der Waals surface area contributed by atoms with E-state index in [1.807, 2.05) is 97.1 Å². The SMILES string of the molecule is c1ccc(-c2cc(-c3ccccc3)c3ccc4ccc(-c5cccc(-c6nc(-c7ccccc7)nc(-c7ccccc7)n6)c5)nc4c3n2)cc1. The van der Waals surface area contributed by atoms with Gasteiger partial charge in [-0.1, -0.05) is 158 Å². The van der Waals surface area contributed by atoms with Gasteiger partial charge in [-0.3, -0.25) is 0 Å². The molecule has 50 heavy (non-hydrogen) atoms. The first-order chi connectivity index (χ1) is 24.8. The third kappa shape index (κ3) is 5.57. The molecule has 0 saturated carbocycles. The van der Waals surface area contributed by atoms with Gasteiger partial charge in [0, 0.05) is 38.6 Å². The van der Waals surface area contributed by atoms with Crippen LogP contribution in [0.1, 0.15) is 0 Å². The fourth-order valence-electron chi connectivity index (χ4n) is 6.40. The van der Waals surface area contributed by atoms with Crippen molar-refractivity contribution in [2.75, 3.05) is 0 Å². The van der Waals surface area contributed by atoms with Crippen molar-refractivity contribution >= 4 is 21.8 Å². The van der Waals surface area contributed by atoms with E-state index in [0.717, 1.165) is 72.1 Å². The lowest BCUT2D eigenvalue weighted by atomic mass is 9.97. The first-order valence-corrected chi connectivity index (χ1v) is 16.6. The van der Waals surface area contributed by atoms with Crippen LogP contribution in [-0.2, 0) is 0 Å². The van der Waals surface area contributed by atoms with Crippen LogP contribution in [-0.4, -0.2) is 24.9 Å². The predicted octanol–water partition coefficient (Wildman–Crippen LogP) is 11.0. The normalized spacial score (nSPS) is 11.2. The zero-order valence-electron chi connectivity index (χ0n) is 27.0. The van der Waals surface area contributed by atoms with E-state index in [1.165, 1.54) is 0 Å². The largest absolute Gasteiger partial charge is 0.245 e. The molecule has 0 N–H and O–H groups in total. The molecule has 0 aliphatic heterocycles. The Kier molecular flexibility index (Phi) is 7.41. The van der Waals surface area contributed by atoms with Crippen molar-refractivity contribution in [2.45, 2.75) is 0 Å². The highest BCUT2D eigenvalue weighted by Gasteiger charge is 2.16. The lowest BCUT2D eigenvalue weighted by molar-refractivity contribution is 1.07. The molecule has 0 aliphatic carbocycles. The van der Waals surface area contributed by atoms with Gasteiger partial charge in [0.05, 0.1) is 22.4 Å². The molecule has 0 saturated heterocycles. The Labute approximate surface area is 289 Å². The molecule has 0 bridgehead atoms. The summed E-state index contributed by atoms with van der Waals surface area (Å²) in [6.07, 6.45) is 0. The molecule has 9 rings (SSSR count). The van der Waals surface area contributed by atoms with Gasteiger partial charge in [0.25, 0.3) is 0 Å². The van der Waals surface area contributed by atoms with Crippen molar-refractivity contribution in [3.63, 3.8) is 0 Å². The number of fused-ring (bicyclic) bond motifs is 3. The summed E-state index contributed by atoms with van der Waals surface area (Å²) in [5.74, 6) is 1.86. The quantitative estimate of drug-likeness (QED) is 0.169. The van der Waals surface area contributed by atoms with Gasteiger partial charge in [-0.25, -0.2) is 24.9 Å². The van der Waals surface area contributed by atoms with Gasteiger partial charge in [-0.05, 0) is 29.3 Å². The van der Waals surface area contributed by atoms with Gasteiger partial charge in [0.1, 0.15) is 0 Å². The van der Waals surface area contributed by atoms with E-state index in [0.29, 0.717) is 17.5 Å². The smallest absolute Gasteiger partial charge is 0.164 e. The summed E-state index contributed by atoms with van der Waals surface area (Å²) >= 11 is 0. The first kappa shape index (κ1) is 29.3. The zero-order chi connectivity index (χ0) is 33.3. The topological polar surface area (TPSA) is 64.5 Å². The molecule has 5 nitrogen and oxygen atoms in total. The highest BCUT2D eigenvalue weighted by atomic mass is 15.0. The molecule has 0 amide bonds. The third-order valence-electron chi connectivity index (χ3n) is 8.91. The minimum atomic E-state index is 0.604. The molecule has 0 fully saturated rings. The number of aromatic nitrogens is 5. The fraction of sp³-hybridized carbons (Fsp3) is 0. The Morgan fingerprint density at radius 2 is 0.760 bits per heavy atom. The maximum absolute atomic E-state index is 5.29. The Balaban J connectivity index is 1.20. The summed E-state index contributed by atoms with van der Waals surface area (Å²) in [5, 5.41) is 2.10. The maximum atomic E-state index is 5.29. The zero-order valence-corrected chi connectivity index (χ0v) is 27.0. The van der Waals surface area contributed by atoms with Crippen molar-refractivity contribution in [1.29, 1.82) is 0 Å². The molecule has 5 heteroatoms. The van der Waals surface area contributed by atoms with Crippen LogP contribution in [0.2, 0.25) is 0 Å². The lowest BCUT2D eigenvalue weighted by Gasteiger charge is -2.13. The van der Waals surface area contributed by atoms with Gasteiger partial charge < -0.3 is 0 Å². The summed E-state index contributed by atoms with van der Waals surface area (Å²) in [6, 6.07) is 59.9. The molecule has 0 aliphatic rings. The van der Waals surface area contributed by atoms with Crippen LogP contribution in [0, 0.1) is 0 Å². The van der Waals surface area contributed by atoms with E-state index >= 15 is 0 Å². The van der Waals surface area contributed by atoms with Crippen molar-refractivity contribution in [3.05, 3.63) is 176 Å². The molecule has 3 aromatic heterocycles. The molecule has 0 unspecified atom stereocenters. The Morgan fingerprint density at radius 3 is 1.38 bits per heavy atom. The van der Waals surface area contributed by atoms with Crippen LogP contribution in [0.15, 0.2) is 176 Å². The number of benzene rings is 6. The van der Waals surface area contributed by atoms with E-state index in [-0.39, 0.29) is 0 Å². The number of hydrogen-bond acceptors (Lipinski definition) is 5.